The van der Waals surface area contributed by atoms with Gasteiger partial charge >= 0.3 is 0 Å². The molecule has 7 nitrogen and oxygen atoms in total. The number of aryl methyl sites for hydroxylation is 1. The molecule has 0 radical (unpaired) electrons. The smallest absolute Gasteiger partial charge is 0.261 e. The summed E-state index contributed by atoms with van der Waals surface area (Å²) in [5.41, 5.74) is 2.20. The van der Waals surface area contributed by atoms with Crippen molar-refractivity contribution < 1.29 is 14.3 Å². The molecule has 2 N–H and O–H groups in total. The number of carbonyl (C=O) groups excluding carboxylic acids is 2. The number of fused-ring (bicyclic) bond motifs is 1. The predicted molar refractivity (Wildman–Crippen MR) is 132 cm³/mol. The van der Waals surface area contributed by atoms with Gasteiger partial charge in [-0.25, -0.2) is 0 Å². The zero-order chi connectivity index (χ0) is 21.3. The van der Waals surface area contributed by atoms with Gasteiger partial charge in [0.05, 0.1) is 17.7 Å². The molecule has 0 unspecified atom stereocenters. The van der Waals surface area contributed by atoms with Gasteiger partial charge in [0.1, 0.15) is 12.4 Å². The number of ether oxygens (including phenoxy) is 1. The Labute approximate surface area is 200 Å². The second-order valence-corrected chi connectivity index (χ2v) is 7.10. The van der Waals surface area contributed by atoms with Gasteiger partial charge in [-0.2, -0.15) is 0 Å². The Balaban J connectivity index is 0.00000341. The van der Waals surface area contributed by atoms with E-state index in [1.54, 1.807) is 31.3 Å². The number of amides is 2. The third-order valence-electron chi connectivity index (χ3n) is 4.89. The van der Waals surface area contributed by atoms with E-state index in [9.17, 15) is 9.59 Å². The highest BCUT2D eigenvalue weighted by Gasteiger charge is 2.34. The van der Waals surface area contributed by atoms with Gasteiger partial charge in [-0.1, -0.05) is 29.8 Å². The minimum Gasteiger partial charge on any atom is -0.492 e. The van der Waals surface area contributed by atoms with Gasteiger partial charge in [-0.15, -0.1) is 24.0 Å². The van der Waals surface area contributed by atoms with E-state index in [1.807, 2.05) is 31.2 Å². The molecule has 0 saturated carbocycles. The quantitative estimate of drug-likeness (QED) is 0.169. The molecule has 31 heavy (non-hydrogen) atoms. The predicted octanol–water partition coefficient (Wildman–Crippen LogP) is 3.23. The first-order chi connectivity index (χ1) is 14.6. The molecule has 0 fully saturated rings. The van der Waals surface area contributed by atoms with Crippen molar-refractivity contribution in [2.45, 2.75) is 19.8 Å². The molecule has 0 aromatic heterocycles. The van der Waals surface area contributed by atoms with Gasteiger partial charge in [-0.3, -0.25) is 19.5 Å². The van der Waals surface area contributed by atoms with E-state index in [0.717, 1.165) is 18.6 Å². The number of nitrogens with zero attached hydrogens (tertiary/aromatic N) is 2. The number of hydrogen-bond donors (Lipinski definition) is 2. The number of halogens is 1. The standard InChI is InChI=1S/C23H28N4O3.HI/c1-17-9-11-18(12-10-17)30-16-14-26-23(24-2)25-13-5-6-15-27-21(28)19-7-3-4-8-20(19)22(27)29;/h3-4,7-12H,5-6,13-16H2,1-2H3,(H2,24,25,26);1H. The van der Waals surface area contributed by atoms with Crippen LogP contribution < -0.4 is 15.4 Å². The lowest BCUT2D eigenvalue weighted by atomic mass is 10.1. The van der Waals surface area contributed by atoms with Crippen LogP contribution in [0.1, 0.15) is 39.1 Å². The minimum atomic E-state index is -0.199. The van der Waals surface area contributed by atoms with Gasteiger partial charge in [0.15, 0.2) is 5.96 Å². The van der Waals surface area contributed by atoms with Crippen LogP contribution in [0.2, 0.25) is 0 Å². The molecule has 8 heteroatoms. The number of benzene rings is 2. The summed E-state index contributed by atoms with van der Waals surface area (Å²) in [7, 11) is 1.72. The van der Waals surface area contributed by atoms with Gasteiger partial charge in [-0.05, 0) is 44.0 Å². The van der Waals surface area contributed by atoms with Crippen molar-refractivity contribution in [2.75, 3.05) is 33.3 Å². The molecule has 2 amide bonds. The van der Waals surface area contributed by atoms with Crippen LogP contribution in [0.25, 0.3) is 0 Å². The number of unbranched alkanes of at least 4 members (excludes halogenated alkanes) is 1. The molecular weight excluding hydrogens is 507 g/mol. The second-order valence-electron chi connectivity index (χ2n) is 7.10. The Morgan fingerprint density at radius 2 is 1.55 bits per heavy atom. The van der Waals surface area contributed by atoms with Gasteiger partial charge in [0.25, 0.3) is 11.8 Å². The van der Waals surface area contributed by atoms with Crippen LogP contribution in [0.5, 0.6) is 5.75 Å². The molecule has 0 saturated heterocycles. The number of rotatable bonds is 9. The maximum Gasteiger partial charge on any atom is 0.261 e. The Kier molecular flexibility index (Phi) is 9.77. The van der Waals surface area contributed by atoms with Crippen LogP contribution in [-0.2, 0) is 0 Å². The average Bonchev–Trinajstić information content (AvgIpc) is 3.01. The first-order valence-corrected chi connectivity index (χ1v) is 10.2. The second kappa shape index (κ2) is 12.3. The van der Waals surface area contributed by atoms with Crippen LogP contribution in [0.4, 0.5) is 0 Å². The maximum absolute atomic E-state index is 12.3. The zero-order valence-electron chi connectivity index (χ0n) is 17.9. The Morgan fingerprint density at radius 3 is 2.16 bits per heavy atom. The molecule has 166 valence electrons. The molecule has 2 aromatic carbocycles. The average molecular weight is 536 g/mol. The van der Waals surface area contributed by atoms with Gasteiger partial charge < -0.3 is 15.4 Å². The van der Waals surface area contributed by atoms with Crippen molar-refractivity contribution in [3.05, 3.63) is 65.2 Å². The summed E-state index contributed by atoms with van der Waals surface area (Å²) < 4.78 is 5.69. The van der Waals surface area contributed by atoms with Crippen molar-refractivity contribution in [2.24, 2.45) is 4.99 Å². The summed E-state index contributed by atoms with van der Waals surface area (Å²) in [5, 5.41) is 6.44. The number of imide groups is 1. The van der Waals surface area contributed by atoms with E-state index >= 15 is 0 Å². The topological polar surface area (TPSA) is 83.0 Å². The fraction of sp³-hybridized carbons (Fsp3) is 0.348. The van der Waals surface area contributed by atoms with Crippen LogP contribution in [0.3, 0.4) is 0 Å². The third-order valence-corrected chi connectivity index (χ3v) is 4.89. The molecular formula is C23H29IN4O3. The van der Waals surface area contributed by atoms with Crippen molar-refractivity contribution in [1.29, 1.82) is 0 Å². The zero-order valence-corrected chi connectivity index (χ0v) is 20.2. The molecule has 2 aromatic rings. The van der Waals surface area contributed by atoms with E-state index in [2.05, 4.69) is 15.6 Å². The van der Waals surface area contributed by atoms with E-state index in [0.29, 0.717) is 43.3 Å². The first kappa shape index (κ1) is 24.6. The lowest BCUT2D eigenvalue weighted by Gasteiger charge is -2.15. The molecule has 0 bridgehead atoms. The summed E-state index contributed by atoms with van der Waals surface area (Å²) in [5.74, 6) is 1.14. The summed E-state index contributed by atoms with van der Waals surface area (Å²) in [6, 6.07) is 14.9. The molecule has 0 aliphatic carbocycles. The van der Waals surface area contributed by atoms with Gasteiger partial charge in [0, 0.05) is 20.1 Å². The fourth-order valence-electron chi connectivity index (χ4n) is 3.24. The largest absolute Gasteiger partial charge is 0.492 e. The highest BCUT2D eigenvalue weighted by molar-refractivity contribution is 14.0. The number of hydrogen-bond acceptors (Lipinski definition) is 4. The summed E-state index contributed by atoms with van der Waals surface area (Å²) in [6.07, 6.45) is 1.54. The summed E-state index contributed by atoms with van der Waals surface area (Å²) >= 11 is 0. The Morgan fingerprint density at radius 1 is 0.935 bits per heavy atom. The van der Waals surface area contributed by atoms with E-state index < -0.39 is 0 Å². The van der Waals surface area contributed by atoms with E-state index in [4.69, 9.17) is 4.74 Å². The number of carbonyl (C=O) groups is 2. The van der Waals surface area contributed by atoms with Crippen LogP contribution in [0, 0.1) is 6.92 Å². The van der Waals surface area contributed by atoms with Crippen molar-refractivity contribution in [3.8, 4) is 5.75 Å². The monoisotopic (exact) mass is 536 g/mol. The molecule has 1 aliphatic heterocycles. The van der Waals surface area contributed by atoms with Crippen molar-refractivity contribution in [1.82, 2.24) is 15.5 Å². The van der Waals surface area contributed by atoms with Gasteiger partial charge in [0.2, 0.25) is 0 Å². The summed E-state index contributed by atoms with van der Waals surface area (Å²) in [4.78, 5) is 30.2. The van der Waals surface area contributed by atoms with Crippen LogP contribution in [0.15, 0.2) is 53.5 Å². The number of nitrogens with one attached hydrogen (secondary N) is 2. The molecule has 0 spiro atoms. The Hall–Kier alpha value is -2.62. The molecule has 3 rings (SSSR count). The van der Waals surface area contributed by atoms with Crippen molar-refractivity contribution >= 4 is 41.8 Å². The normalized spacial score (nSPS) is 13.0. The van der Waals surface area contributed by atoms with Crippen molar-refractivity contribution in [3.63, 3.8) is 0 Å². The third kappa shape index (κ3) is 6.68. The first-order valence-electron chi connectivity index (χ1n) is 10.2. The van der Waals surface area contributed by atoms with Crippen LogP contribution in [-0.4, -0.2) is 56.0 Å². The molecule has 1 heterocycles. The minimum absolute atomic E-state index is 0. The SMILES string of the molecule is CN=C(NCCCCN1C(=O)c2ccccc2C1=O)NCCOc1ccc(C)cc1.I. The number of aliphatic imine (C=N–C) groups is 1. The molecule has 1 aliphatic rings. The Bertz CT molecular complexity index is 880. The summed E-state index contributed by atoms with van der Waals surface area (Å²) in [6.45, 7) is 4.32. The van der Waals surface area contributed by atoms with E-state index in [1.165, 1.54) is 10.5 Å². The lowest BCUT2D eigenvalue weighted by molar-refractivity contribution is 0.0652. The highest BCUT2D eigenvalue weighted by Crippen LogP contribution is 2.22. The lowest BCUT2D eigenvalue weighted by Crippen LogP contribution is -2.40. The molecule has 0 atom stereocenters. The fourth-order valence-corrected chi connectivity index (χ4v) is 3.24. The maximum atomic E-state index is 12.3. The van der Waals surface area contributed by atoms with E-state index in [-0.39, 0.29) is 35.8 Å². The van der Waals surface area contributed by atoms with Crippen LogP contribution >= 0.6 is 24.0 Å². The highest BCUT2D eigenvalue weighted by atomic mass is 127. The number of guanidine groups is 1.